The Labute approximate surface area is 89.3 Å². The number of carbonyl (C=O) groups excluding carboxylic acids is 1. The molecular weight excluding hydrogens is 194 g/mol. The van der Waals surface area contributed by atoms with Gasteiger partial charge in [0, 0.05) is 23.5 Å². The molecule has 0 atom stereocenters. The zero-order valence-electron chi connectivity index (χ0n) is 8.10. The Bertz CT molecular complexity index is 360. The molecule has 0 spiro atoms. The third-order valence-corrected chi connectivity index (χ3v) is 2.79. The molecule has 0 aliphatic heterocycles. The molecule has 0 saturated heterocycles. The lowest BCUT2D eigenvalue weighted by atomic mass is 10.2. The van der Waals surface area contributed by atoms with E-state index in [1.54, 1.807) is 0 Å². The van der Waals surface area contributed by atoms with Gasteiger partial charge in [-0.3, -0.25) is 4.79 Å². The minimum atomic E-state index is 0.100. The molecule has 0 unspecified atom stereocenters. The van der Waals surface area contributed by atoms with Crippen molar-refractivity contribution in [3.8, 4) is 0 Å². The maximum atomic E-state index is 11.9. The average molecular weight is 207 g/mol. The number of rotatable bonds is 2. The van der Waals surface area contributed by atoms with Crippen LogP contribution in [0.3, 0.4) is 0 Å². The summed E-state index contributed by atoms with van der Waals surface area (Å²) in [5, 5.41) is 0. The molecule has 14 heavy (non-hydrogen) atoms. The van der Waals surface area contributed by atoms with Crippen LogP contribution in [0.4, 0.5) is 0 Å². The number of hydrogen-bond donors (Lipinski definition) is 1. The van der Waals surface area contributed by atoms with Crippen LogP contribution in [0.5, 0.6) is 0 Å². The molecule has 1 aliphatic rings. The summed E-state index contributed by atoms with van der Waals surface area (Å²) in [5.41, 5.74) is 0.729. The molecule has 1 amide bonds. The molecule has 1 saturated carbocycles. The average Bonchev–Trinajstić information content (AvgIpc) is 2.99. The first-order valence-electron chi connectivity index (χ1n) is 4.74. The summed E-state index contributed by atoms with van der Waals surface area (Å²) in [4.78, 5) is 14.5. The minimum Gasteiger partial charge on any atom is -0.339 e. The molecule has 1 aromatic carbocycles. The Kier molecular flexibility index (Phi) is 2.50. The third-order valence-electron chi connectivity index (χ3n) is 2.51. The molecular formula is C11H13NOS. The molecule has 1 aliphatic carbocycles. The maximum absolute atomic E-state index is 11.9. The topological polar surface area (TPSA) is 20.3 Å². The van der Waals surface area contributed by atoms with E-state index < -0.39 is 0 Å². The van der Waals surface area contributed by atoms with Gasteiger partial charge in [0.05, 0.1) is 0 Å². The minimum absolute atomic E-state index is 0.100. The molecule has 0 heterocycles. The smallest absolute Gasteiger partial charge is 0.253 e. The van der Waals surface area contributed by atoms with Crippen LogP contribution in [0.2, 0.25) is 0 Å². The Morgan fingerprint density at radius 3 is 2.79 bits per heavy atom. The van der Waals surface area contributed by atoms with Gasteiger partial charge in [0.1, 0.15) is 0 Å². The van der Waals surface area contributed by atoms with Crippen LogP contribution in [-0.4, -0.2) is 23.9 Å². The SMILES string of the molecule is CN(C(=O)c1cccc(S)c1)C1CC1. The van der Waals surface area contributed by atoms with Gasteiger partial charge in [-0.15, -0.1) is 12.6 Å². The first kappa shape index (κ1) is 9.59. The molecule has 1 fully saturated rings. The van der Waals surface area contributed by atoms with Crippen molar-refractivity contribution in [1.29, 1.82) is 0 Å². The van der Waals surface area contributed by atoms with Crippen molar-refractivity contribution in [3.05, 3.63) is 29.8 Å². The predicted molar refractivity (Wildman–Crippen MR) is 58.8 cm³/mol. The molecule has 0 N–H and O–H groups in total. The van der Waals surface area contributed by atoms with Crippen LogP contribution in [0.15, 0.2) is 29.2 Å². The molecule has 2 rings (SSSR count). The molecule has 2 nitrogen and oxygen atoms in total. The van der Waals surface area contributed by atoms with Gasteiger partial charge in [-0.2, -0.15) is 0 Å². The predicted octanol–water partition coefficient (Wildman–Crippen LogP) is 2.21. The molecule has 0 radical (unpaired) electrons. The normalized spacial score (nSPS) is 15.3. The van der Waals surface area contributed by atoms with Crippen molar-refractivity contribution in [2.45, 2.75) is 23.8 Å². The van der Waals surface area contributed by atoms with Gasteiger partial charge in [-0.25, -0.2) is 0 Å². The highest BCUT2D eigenvalue weighted by atomic mass is 32.1. The number of carbonyl (C=O) groups is 1. The standard InChI is InChI=1S/C11H13NOS/c1-12(9-5-6-9)11(13)8-3-2-4-10(14)7-8/h2-4,7,9,14H,5-6H2,1H3. The summed E-state index contributed by atoms with van der Waals surface area (Å²) in [7, 11) is 1.87. The quantitative estimate of drug-likeness (QED) is 0.737. The van der Waals surface area contributed by atoms with E-state index in [-0.39, 0.29) is 5.91 Å². The molecule has 0 aromatic heterocycles. The van der Waals surface area contributed by atoms with Crippen molar-refractivity contribution >= 4 is 18.5 Å². The van der Waals surface area contributed by atoms with Crippen LogP contribution in [-0.2, 0) is 0 Å². The fourth-order valence-corrected chi connectivity index (χ4v) is 1.70. The molecule has 74 valence electrons. The highest BCUT2D eigenvalue weighted by molar-refractivity contribution is 7.80. The lowest BCUT2D eigenvalue weighted by Crippen LogP contribution is -2.28. The van der Waals surface area contributed by atoms with E-state index in [1.807, 2.05) is 36.2 Å². The van der Waals surface area contributed by atoms with Crippen LogP contribution in [0.1, 0.15) is 23.2 Å². The molecule has 0 bridgehead atoms. The number of thiol groups is 1. The number of nitrogens with zero attached hydrogens (tertiary/aromatic N) is 1. The Hall–Kier alpha value is -0.960. The van der Waals surface area contributed by atoms with Crippen LogP contribution in [0.25, 0.3) is 0 Å². The highest BCUT2D eigenvalue weighted by Gasteiger charge is 2.29. The van der Waals surface area contributed by atoms with Crippen molar-refractivity contribution in [3.63, 3.8) is 0 Å². The van der Waals surface area contributed by atoms with Gasteiger partial charge in [0.25, 0.3) is 5.91 Å². The van der Waals surface area contributed by atoms with Crippen molar-refractivity contribution < 1.29 is 4.79 Å². The zero-order chi connectivity index (χ0) is 10.1. The fraction of sp³-hybridized carbons (Fsp3) is 0.364. The van der Waals surface area contributed by atoms with E-state index in [9.17, 15) is 4.79 Å². The second kappa shape index (κ2) is 3.65. The van der Waals surface area contributed by atoms with Gasteiger partial charge in [0.2, 0.25) is 0 Å². The van der Waals surface area contributed by atoms with E-state index in [1.165, 1.54) is 0 Å². The van der Waals surface area contributed by atoms with E-state index in [0.29, 0.717) is 6.04 Å². The second-order valence-corrected chi connectivity index (χ2v) is 4.21. The van der Waals surface area contributed by atoms with E-state index in [0.717, 1.165) is 23.3 Å². The Balaban J connectivity index is 2.17. The van der Waals surface area contributed by atoms with Crippen molar-refractivity contribution in [2.75, 3.05) is 7.05 Å². The lowest BCUT2D eigenvalue weighted by Gasteiger charge is -2.16. The lowest BCUT2D eigenvalue weighted by molar-refractivity contribution is 0.0785. The Morgan fingerprint density at radius 1 is 1.50 bits per heavy atom. The van der Waals surface area contributed by atoms with E-state index in [4.69, 9.17) is 0 Å². The van der Waals surface area contributed by atoms with Crippen molar-refractivity contribution in [2.24, 2.45) is 0 Å². The van der Waals surface area contributed by atoms with E-state index >= 15 is 0 Å². The van der Waals surface area contributed by atoms with Crippen molar-refractivity contribution in [1.82, 2.24) is 4.90 Å². The maximum Gasteiger partial charge on any atom is 0.253 e. The van der Waals surface area contributed by atoms with Gasteiger partial charge in [-0.05, 0) is 31.0 Å². The van der Waals surface area contributed by atoms with Crippen LogP contribution in [0, 0.1) is 0 Å². The van der Waals surface area contributed by atoms with E-state index in [2.05, 4.69) is 12.6 Å². The summed E-state index contributed by atoms with van der Waals surface area (Å²) in [5.74, 6) is 0.100. The van der Waals surface area contributed by atoms with Crippen LogP contribution < -0.4 is 0 Å². The summed E-state index contributed by atoms with van der Waals surface area (Å²) in [6.45, 7) is 0. The monoisotopic (exact) mass is 207 g/mol. The number of hydrogen-bond acceptors (Lipinski definition) is 2. The summed E-state index contributed by atoms with van der Waals surface area (Å²) in [6, 6.07) is 7.84. The van der Waals surface area contributed by atoms with Gasteiger partial charge < -0.3 is 4.90 Å². The summed E-state index contributed by atoms with van der Waals surface area (Å²) in [6.07, 6.45) is 2.28. The largest absolute Gasteiger partial charge is 0.339 e. The first-order chi connectivity index (χ1) is 6.68. The van der Waals surface area contributed by atoms with Gasteiger partial charge >= 0.3 is 0 Å². The Morgan fingerprint density at radius 2 is 2.21 bits per heavy atom. The second-order valence-electron chi connectivity index (χ2n) is 3.70. The van der Waals surface area contributed by atoms with Gasteiger partial charge in [0.15, 0.2) is 0 Å². The summed E-state index contributed by atoms with van der Waals surface area (Å²) < 4.78 is 0. The molecule has 3 heteroatoms. The fourth-order valence-electron chi connectivity index (χ4n) is 1.47. The zero-order valence-corrected chi connectivity index (χ0v) is 9.00. The van der Waals surface area contributed by atoms with Crippen LogP contribution >= 0.6 is 12.6 Å². The van der Waals surface area contributed by atoms with Gasteiger partial charge in [-0.1, -0.05) is 6.07 Å². The highest BCUT2D eigenvalue weighted by Crippen LogP contribution is 2.26. The number of amides is 1. The number of benzene rings is 1. The summed E-state index contributed by atoms with van der Waals surface area (Å²) >= 11 is 4.21. The first-order valence-corrected chi connectivity index (χ1v) is 5.19. The molecule has 1 aromatic rings. The third kappa shape index (κ3) is 1.93.